The number of benzene rings is 6. The first-order valence-corrected chi connectivity index (χ1v) is 28.3. The third kappa shape index (κ3) is 9.63. The number of amides is 2. The number of methoxy groups -OCH3 is 2. The molecule has 3 atom stereocenters. The summed E-state index contributed by atoms with van der Waals surface area (Å²) < 4.78 is 43.2. The van der Waals surface area contributed by atoms with Gasteiger partial charge in [-0.1, -0.05) is 163 Å². The molecule has 7 aromatic rings. The summed E-state index contributed by atoms with van der Waals surface area (Å²) in [4.78, 5) is 28.9. The Kier molecular flexibility index (Phi) is 14.1. The number of fused-ring (bicyclic) bond motifs is 1. The third-order valence-electron chi connectivity index (χ3n) is 14.1. The molecule has 2 aliphatic rings. The second kappa shape index (κ2) is 20.2. The van der Waals surface area contributed by atoms with E-state index in [0.29, 0.717) is 48.1 Å². The van der Waals surface area contributed by atoms with E-state index in [9.17, 15) is 0 Å². The van der Waals surface area contributed by atoms with Gasteiger partial charge in [0.1, 0.15) is 17.3 Å². The minimum absolute atomic E-state index is 0.0490. The van der Waals surface area contributed by atoms with Crippen LogP contribution in [0.2, 0.25) is 10.1 Å². The summed E-state index contributed by atoms with van der Waals surface area (Å²) in [5.41, 5.74) is 1.54. The van der Waals surface area contributed by atoms with Gasteiger partial charge in [0.2, 0.25) is 5.95 Å². The molecule has 2 heterocycles. The summed E-state index contributed by atoms with van der Waals surface area (Å²) in [6.45, 7) is 13.8. The largest absolute Gasteiger partial charge is 0.497 e. The molecule has 6 aromatic carbocycles. The number of nitrogens with zero attached hydrogens (tertiary/aromatic N) is 4. The topological polar surface area (TPSA) is 98.3 Å². The van der Waals surface area contributed by atoms with Crippen molar-refractivity contribution in [3.63, 3.8) is 0 Å². The maximum atomic E-state index is 16.3. The number of halogens is 1. The number of ether oxygens (including phenoxy) is 2. The fraction of sp³-hybridized carbons (Fsp3) is 0.293. The highest BCUT2D eigenvalue weighted by atomic mass is 28.4. The Hall–Kier alpha value is -6.65. The average Bonchev–Trinajstić information content (AvgIpc) is 3.37. The second-order valence-corrected chi connectivity index (χ2v) is 29.1. The number of carbonyl (C=O) groups excluding carboxylic acids is 1. The predicted molar refractivity (Wildman–Crippen MR) is 288 cm³/mol. The lowest BCUT2D eigenvalue weighted by Gasteiger charge is -2.51. The standard InChI is InChI=1S/C58H64FN5O5Si2/c1-57(2,3)70(48-21-13-9-14-22-48,49-23-15-10-16-24-49)68-46-35-43(36-47(37-46)69-71(58(4,5)6,50-25-17-11-18-26-50)51-27-19-12-20-28-51)64-54-41(39-60-55(62-54)61-42-29-31-44(66-7)32-30-42)40-63(56(64)65)53-34-33-45(67-8)38-52(53)59/h9-34,38-39,43,46-47H,35-37,40H2,1-8H3,(H,60,61,62)/t43?,46-,47+. The van der Waals surface area contributed by atoms with E-state index >= 15 is 9.18 Å². The molecule has 1 unspecified atom stereocenters. The normalized spacial score (nSPS) is 17.6. The van der Waals surface area contributed by atoms with Crippen molar-refractivity contribution in [2.75, 3.05) is 29.3 Å². The van der Waals surface area contributed by atoms with Gasteiger partial charge in [-0.2, -0.15) is 4.98 Å². The fourth-order valence-corrected chi connectivity index (χ4v) is 20.3. The molecule has 0 spiro atoms. The zero-order valence-electron chi connectivity index (χ0n) is 41.9. The number of nitrogens with one attached hydrogen (secondary N) is 1. The van der Waals surface area contributed by atoms with E-state index < -0.39 is 46.7 Å². The molecule has 13 heteroatoms. The fourth-order valence-electron chi connectivity index (χ4n) is 10.9. The number of hydrogen-bond donors (Lipinski definition) is 1. The second-order valence-electron chi connectivity index (χ2n) is 20.6. The van der Waals surface area contributed by atoms with Crippen LogP contribution in [0.15, 0.2) is 170 Å². The van der Waals surface area contributed by atoms with Crippen LogP contribution in [0.1, 0.15) is 66.4 Å². The van der Waals surface area contributed by atoms with Crippen LogP contribution >= 0.6 is 0 Å². The van der Waals surface area contributed by atoms with Crippen molar-refractivity contribution in [1.82, 2.24) is 9.97 Å². The Morgan fingerprint density at radius 1 is 0.606 bits per heavy atom. The van der Waals surface area contributed by atoms with E-state index in [-0.39, 0.29) is 22.3 Å². The number of rotatable bonds is 14. The van der Waals surface area contributed by atoms with Gasteiger partial charge in [0.05, 0.1) is 38.7 Å². The van der Waals surface area contributed by atoms with Crippen LogP contribution < -0.4 is 45.3 Å². The molecule has 2 amide bonds. The van der Waals surface area contributed by atoms with Crippen molar-refractivity contribution in [2.45, 2.75) is 95.7 Å². The van der Waals surface area contributed by atoms with Gasteiger partial charge >= 0.3 is 6.03 Å². The van der Waals surface area contributed by atoms with E-state index in [2.05, 4.69) is 168 Å². The summed E-state index contributed by atoms with van der Waals surface area (Å²) in [6, 6.07) is 53.8. The molecule has 1 aliphatic heterocycles. The van der Waals surface area contributed by atoms with Crippen LogP contribution in [0.4, 0.5) is 32.3 Å². The Morgan fingerprint density at radius 2 is 1.06 bits per heavy atom. The highest BCUT2D eigenvalue weighted by molar-refractivity contribution is 7.00. The van der Waals surface area contributed by atoms with Crippen molar-refractivity contribution in [3.05, 3.63) is 181 Å². The summed E-state index contributed by atoms with van der Waals surface area (Å²) in [6.07, 6.45) is 2.43. The minimum Gasteiger partial charge on any atom is -0.497 e. The van der Waals surface area contributed by atoms with Crippen LogP contribution in [-0.2, 0) is 15.4 Å². The predicted octanol–water partition coefficient (Wildman–Crippen LogP) is 10.8. The van der Waals surface area contributed by atoms with Crippen LogP contribution in [0.3, 0.4) is 0 Å². The number of urea groups is 1. The molecule has 0 saturated heterocycles. The molecule has 10 nitrogen and oxygen atoms in total. The number of aromatic nitrogens is 2. The number of anilines is 4. The van der Waals surface area contributed by atoms with Gasteiger partial charge in [-0.25, -0.2) is 14.2 Å². The van der Waals surface area contributed by atoms with Gasteiger partial charge < -0.3 is 23.6 Å². The lowest BCUT2D eigenvalue weighted by molar-refractivity contribution is 0.0473. The van der Waals surface area contributed by atoms with Crippen molar-refractivity contribution >= 4 is 66.6 Å². The molecule has 1 aromatic heterocycles. The van der Waals surface area contributed by atoms with Gasteiger partial charge in [-0.05, 0) is 86.5 Å². The van der Waals surface area contributed by atoms with E-state index in [0.717, 1.165) is 26.4 Å². The molecule has 0 bridgehead atoms. The Morgan fingerprint density at radius 3 is 1.48 bits per heavy atom. The number of hydrogen-bond acceptors (Lipinski definition) is 8. The van der Waals surface area contributed by atoms with Crippen molar-refractivity contribution in [2.24, 2.45) is 0 Å². The highest BCUT2D eigenvalue weighted by Crippen LogP contribution is 2.45. The number of carbonyl (C=O) groups is 1. The molecule has 0 radical (unpaired) electrons. The Bertz CT molecular complexity index is 2730. The SMILES string of the molecule is COc1ccc(Nc2ncc3c(n2)N(C2C[C@@H](O[Si](c4ccccc4)(c4ccccc4)C(C)(C)C)C[C@@H](O[Si](c4ccccc4)(c4ccccc4)C(C)(C)C)C2)C(=O)N(c2ccc(OC)cc2F)C3)cc1. The summed E-state index contributed by atoms with van der Waals surface area (Å²) in [7, 11) is -3.21. The van der Waals surface area contributed by atoms with Gasteiger partial charge in [0.25, 0.3) is 16.6 Å². The first-order valence-electron chi connectivity index (χ1n) is 24.4. The summed E-state index contributed by atoms with van der Waals surface area (Å²) in [5.74, 6) is 1.25. The maximum Gasteiger partial charge on any atom is 0.330 e. The van der Waals surface area contributed by atoms with Crippen molar-refractivity contribution in [3.8, 4) is 11.5 Å². The molecule has 1 aliphatic carbocycles. The molecule has 1 N–H and O–H groups in total. The van der Waals surface area contributed by atoms with Gasteiger partial charge in [-0.15, -0.1) is 0 Å². The molecule has 1 fully saturated rings. The quantitative estimate of drug-likeness (QED) is 0.108. The zero-order valence-corrected chi connectivity index (χ0v) is 43.9. The first kappa shape index (κ1) is 49.3. The smallest absolute Gasteiger partial charge is 0.330 e. The molecule has 366 valence electrons. The molecule has 71 heavy (non-hydrogen) atoms. The van der Waals surface area contributed by atoms with E-state index in [4.69, 9.17) is 28.3 Å². The van der Waals surface area contributed by atoms with Crippen LogP contribution in [-0.4, -0.2) is 65.1 Å². The Balaban J connectivity index is 1.23. The van der Waals surface area contributed by atoms with Gasteiger partial charge in [0, 0.05) is 29.6 Å². The van der Waals surface area contributed by atoms with Crippen LogP contribution in [0.5, 0.6) is 11.5 Å². The van der Waals surface area contributed by atoms with Crippen LogP contribution in [0.25, 0.3) is 0 Å². The van der Waals surface area contributed by atoms with Crippen molar-refractivity contribution in [1.29, 1.82) is 0 Å². The maximum absolute atomic E-state index is 16.3. The summed E-state index contributed by atoms with van der Waals surface area (Å²) >= 11 is 0. The van der Waals surface area contributed by atoms with Gasteiger partial charge in [-0.3, -0.25) is 9.80 Å². The van der Waals surface area contributed by atoms with E-state index in [1.54, 1.807) is 30.3 Å². The Labute approximate surface area is 420 Å². The summed E-state index contributed by atoms with van der Waals surface area (Å²) in [5, 5.41) is 7.33. The lowest BCUT2D eigenvalue weighted by Crippen LogP contribution is -2.70. The zero-order chi connectivity index (χ0) is 50.0. The minimum atomic E-state index is -3.16. The van der Waals surface area contributed by atoms with Crippen molar-refractivity contribution < 1.29 is 27.5 Å². The lowest BCUT2D eigenvalue weighted by atomic mass is 9.89. The molecular formula is C58H64FN5O5Si2. The molecule has 9 rings (SSSR count). The monoisotopic (exact) mass is 985 g/mol. The highest BCUT2D eigenvalue weighted by Gasteiger charge is 2.56. The van der Waals surface area contributed by atoms with Gasteiger partial charge in [0.15, 0.2) is 5.82 Å². The van der Waals surface area contributed by atoms with E-state index in [1.165, 1.54) is 18.1 Å². The van der Waals surface area contributed by atoms with Crippen LogP contribution in [0, 0.1) is 5.82 Å². The molecule has 1 saturated carbocycles. The molecular weight excluding hydrogens is 922 g/mol. The third-order valence-corrected chi connectivity index (χ3v) is 24.3. The van der Waals surface area contributed by atoms with E-state index in [1.807, 2.05) is 24.3 Å². The average molecular weight is 986 g/mol. The first-order chi connectivity index (χ1) is 34.1.